The van der Waals surface area contributed by atoms with Crippen molar-refractivity contribution >= 4 is 6.01 Å². The Balaban J connectivity index is 2.12. The van der Waals surface area contributed by atoms with Gasteiger partial charge in [0.15, 0.2) is 0 Å². The van der Waals surface area contributed by atoms with E-state index >= 15 is 0 Å². The first-order valence-corrected chi connectivity index (χ1v) is 5.34. The molecule has 1 aromatic heterocycles. The Morgan fingerprint density at radius 1 is 1.67 bits per heavy atom. The molecule has 0 aliphatic carbocycles. The molecule has 1 aliphatic heterocycles. The van der Waals surface area contributed by atoms with Gasteiger partial charge in [0.1, 0.15) is 6.26 Å². The second-order valence-electron chi connectivity index (χ2n) is 3.66. The number of anilines is 1. The minimum atomic E-state index is 0.364. The molecule has 1 aliphatic rings. The van der Waals surface area contributed by atoms with E-state index in [0.717, 1.165) is 31.9 Å². The van der Waals surface area contributed by atoms with E-state index in [9.17, 15) is 0 Å². The molecular weight excluding hydrogens is 194 g/mol. The molecule has 15 heavy (non-hydrogen) atoms. The van der Waals surface area contributed by atoms with E-state index in [4.69, 9.17) is 14.9 Å². The van der Waals surface area contributed by atoms with Gasteiger partial charge in [-0.1, -0.05) is 6.92 Å². The van der Waals surface area contributed by atoms with Crippen molar-refractivity contribution in [3.8, 4) is 0 Å². The normalized spacial score (nSPS) is 22.0. The van der Waals surface area contributed by atoms with Crippen molar-refractivity contribution in [2.24, 2.45) is 5.73 Å². The fourth-order valence-electron chi connectivity index (χ4n) is 1.77. The van der Waals surface area contributed by atoms with Crippen LogP contribution in [0.5, 0.6) is 0 Å². The number of hydrogen-bond acceptors (Lipinski definition) is 5. The number of oxazole rings is 1. The monoisotopic (exact) mass is 211 g/mol. The molecule has 84 valence electrons. The summed E-state index contributed by atoms with van der Waals surface area (Å²) in [6.45, 7) is 4.88. The number of nitrogens with zero attached hydrogens (tertiary/aromatic N) is 2. The average molecular weight is 211 g/mol. The number of aromatic nitrogens is 1. The first kappa shape index (κ1) is 10.4. The maximum Gasteiger partial charge on any atom is 0.297 e. The van der Waals surface area contributed by atoms with E-state index in [1.807, 2.05) is 0 Å². The largest absolute Gasteiger partial charge is 0.432 e. The van der Waals surface area contributed by atoms with Gasteiger partial charge in [-0.2, -0.15) is 4.98 Å². The van der Waals surface area contributed by atoms with Crippen molar-refractivity contribution in [2.75, 3.05) is 24.7 Å². The van der Waals surface area contributed by atoms with Crippen molar-refractivity contribution in [3.63, 3.8) is 0 Å². The Kier molecular flexibility index (Phi) is 3.23. The predicted molar refractivity (Wildman–Crippen MR) is 56.6 cm³/mol. The number of nitrogens with two attached hydrogens (primary N) is 1. The third-order valence-electron chi connectivity index (χ3n) is 2.69. The van der Waals surface area contributed by atoms with Gasteiger partial charge in [-0.25, -0.2) is 0 Å². The van der Waals surface area contributed by atoms with E-state index in [1.165, 1.54) is 0 Å². The summed E-state index contributed by atoms with van der Waals surface area (Å²) in [4.78, 5) is 6.48. The molecule has 1 unspecified atom stereocenters. The number of hydrogen-bond donors (Lipinski definition) is 1. The summed E-state index contributed by atoms with van der Waals surface area (Å²) in [5.41, 5.74) is 6.29. The van der Waals surface area contributed by atoms with Crippen molar-refractivity contribution in [2.45, 2.75) is 25.9 Å². The van der Waals surface area contributed by atoms with Crippen LogP contribution in [0.15, 0.2) is 10.7 Å². The van der Waals surface area contributed by atoms with Gasteiger partial charge in [0.2, 0.25) is 0 Å². The van der Waals surface area contributed by atoms with Crippen molar-refractivity contribution in [1.82, 2.24) is 4.98 Å². The standard InChI is InChI=1S/C10H17N3O2/c1-2-9-7-14-4-3-13(9)10-12-8(5-11)6-15-10/h6,9H,2-5,7,11H2,1H3. The van der Waals surface area contributed by atoms with E-state index in [-0.39, 0.29) is 0 Å². The molecule has 5 nitrogen and oxygen atoms in total. The number of ether oxygens (including phenoxy) is 1. The Morgan fingerprint density at radius 2 is 2.53 bits per heavy atom. The summed E-state index contributed by atoms with van der Waals surface area (Å²) >= 11 is 0. The quantitative estimate of drug-likeness (QED) is 0.799. The first-order chi connectivity index (χ1) is 7.35. The Hall–Kier alpha value is -1.07. The lowest BCUT2D eigenvalue weighted by Crippen LogP contribution is -2.45. The third-order valence-corrected chi connectivity index (χ3v) is 2.69. The van der Waals surface area contributed by atoms with E-state index < -0.39 is 0 Å². The van der Waals surface area contributed by atoms with Crippen LogP contribution in [0.1, 0.15) is 19.0 Å². The summed E-state index contributed by atoms with van der Waals surface area (Å²) in [6, 6.07) is 1.04. The number of morpholine rings is 1. The molecule has 2 rings (SSSR count). The highest BCUT2D eigenvalue weighted by atomic mass is 16.5. The smallest absolute Gasteiger partial charge is 0.297 e. The van der Waals surface area contributed by atoms with Crippen molar-refractivity contribution < 1.29 is 9.15 Å². The van der Waals surface area contributed by atoms with Crippen LogP contribution in [0.2, 0.25) is 0 Å². The van der Waals surface area contributed by atoms with Crippen LogP contribution in [0.3, 0.4) is 0 Å². The zero-order valence-corrected chi connectivity index (χ0v) is 8.98. The average Bonchev–Trinajstić information content (AvgIpc) is 2.77. The lowest BCUT2D eigenvalue weighted by atomic mass is 10.2. The van der Waals surface area contributed by atoms with Crippen LogP contribution in [0, 0.1) is 0 Å². The molecule has 2 heterocycles. The van der Waals surface area contributed by atoms with Crippen LogP contribution >= 0.6 is 0 Å². The van der Waals surface area contributed by atoms with E-state index in [1.54, 1.807) is 6.26 Å². The summed E-state index contributed by atoms with van der Waals surface area (Å²) in [7, 11) is 0. The molecule has 1 saturated heterocycles. The van der Waals surface area contributed by atoms with Crippen LogP contribution in [0.4, 0.5) is 6.01 Å². The molecule has 0 aromatic carbocycles. The summed E-state index contributed by atoms with van der Waals surface area (Å²) < 4.78 is 10.8. The van der Waals surface area contributed by atoms with Gasteiger partial charge in [-0.15, -0.1) is 0 Å². The second kappa shape index (κ2) is 4.63. The Morgan fingerprint density at radius 3 is 3.20 bits per heavy atom. The van der Waals surface area contributed by atoms with Gasteiger partial charge < -0.3 is 19.8 Å². The zero-order valence-electron chi connectivity index (χ0n) is 8.98. The van der Waals surface area contributed by atoms with Gasteiger partial charge in [-0.3, -0.25) is 0 Å². The zero-order chi connectivity index (χ0) is 10.7. The molecular formula is C10H17N3O2. The molecule has 0 amide bonds. The fraction of sp³-hybridized carbons (Fsp3) is 0.700. The Bertz CT molecular complexity index is 313. The maximum atomic E-state index is 5.49. The van der Waals surface area contributed by atoms with E-state index in [2.05, 4.69) is 16.8 Å². The second-order valence-corrected chi connectivity index (χ2v) is 3.66. The van der Waals surface area contributed by atoms with Gasteiger partial charge in [0.25, 0.3) is 6.01 Å². The molecule has 0 bridgehead atoms. The predicted octanol–water partition coefficient (Wildman–Crippen LogP) is 0.749. The summed E-state index contributed by atoms with van der Waals surface area (Å²) in [5.74, 6) is 0. The third kappa shape index (κ3) is 2.13. The first-order valence-electron chi connectivity index (χ1n) is 5.34. The van der Waals surface area contributed by atoms with Crippen LogP contribution < -0.4 is 10.6 Å². The topological polar surface area (TPSA) is 64.5 Å². The highest BCUT2D eigenvalue weighted by Crippen LogP contribution is 2.20. The molecule has 0 radical (unpaired) electrons. The van der Waals surface area contributed by atoms with Crippen LogP contribution in [0.25, 0.3) is 0 Å². The minimum Gasteiger partial charge on any atom is -0.432 e. The SMILES string of the molecule is CCC1COCCN1c1nc(CN)co1. The van der Waals surface area contributed by atoms with Crippen molar-refractivity contribution in [3.05, 3.63) is 12.0 Å². The van der Waals surface area contributed by atoms with Crippen molar-refractivity contribution in [1.29, 1.82) is 0 Å². The van der Waals surface area contributed by atoms with E-state index in [0.29, 0.717) is 18.6 Å². The molecule has 0 spiro atoms. The van der Waals surface area contributed by atoms with Gasteiger partial charge in [0.05, 0.1) is 24.9 Å². The van der Waals surface area contributed by atoms with Gasteiger partial charge in [0, 0.05) is 13.1 Å². The van der Waals surface area contributed by atoms with Gasteiger partial charge >= 0.3 is 0 Å². The summed E-state index contributed by atoms with van der Waals surface area (Å²) in [5, 5.41) is 0. The molecule has 1 atom stereocenters. The van der Waals surface area contributed by atoms with Crippen LogP contribution in [-0.4, -0.2) is 30.8 Å². The Labute approximate surface area is 89.2 Å². The highest BCUT2D eigenvalue weighted by Gasteiger charge is 2.24. The lowest BCUT2D eigenvalue weighted by Gasteiger charge is -2.33. The van der Waals surface area contributed by atoms with Crippen LogP contribution in [-0.2, 0) is 11.3 Å². The summed E-state index contributed by atoms with van der Waals surface area (Å²) in [6.07, 6.45) is 2.65. The maximum absolute atomic E-state index is 5.49. The highest BCUT2D eigenvalue weighted by molar-refractivity contribution is 5.29. The minimum absolute atomic E-state index is 0.364. The molecule has 2 N–H and O–H groups in total. The van der Waals surface area contributed by atoms with Gasteiger partial charge in [-0.05, 0) is 6.42 Å². The number of rotatable bonds is 3. The lowest BCUT2D eigenvalue weighted by molar-refractivity contribution is 0.0901. The molecule has 1 fully saturated rings. The fourth-order valence-corrected chi connectivity index (χ4v) is 1.77. The molecule has 5 heteroatoms. The molecule has 1 aromatic rings. The molecule has 0 saturated carbocycles.